The first kappa shape index (κ1) is 12.8. The van der Waals surface area contributed by atoms with Crippen LogP contribution >= 0.6 is 0 Å². The smallest absolute Gasteiger partial charge is 0.352 e. The number of carbonyl (C=O) groups is 2. The van der Waals surface area contributed by atoms with Crippen LogP contribution in [0.5, 0.6) is 0 Å². The average molecular weight is 257 g/mol. The van der Waals surface area contributed by atoms with E-state index in [2.05, 4.69) is 0 Å². The zero-order valence-electron chi connectivity index (χ0n) is 9.95. The van der Waals surface area contributed by atoms with Gasteiger partial charge in [-0.05, 0) is 6.07 Å². The van der Waals surface area contributed by atoms with E-state index in [9.17, 15) is 14.4 Å². The number of rotatable bonds is 4. The Labute approximate surface area is 108 Å². The van der Waals surface area contributed by atoms with Gasteiger partial charge >= 0.3 is 5.97 Å². The highest BCUT2D eigenvalue weighted by Gasteiger charge is 2.14. The molecule has 0 aliphatic heterocycles. The molecule has 19 heavy (non-hydrogen) atoms. The minimum Gasteiger partial charge on any atom is -0.477 e. The van der Waals surface area contributed by atoms with Crippen LogP contribution in [0.4, 0.5) is 0 Å². The molecule has 5 nitrogen and oxygen atoms in total. The lowest BCUT2D eigenvalue weighted by Gasteiger charge is -2.08. The quantitative estimate of drug-likeness (QED) is 0.840. The lowest BCUT2D eigenvalue weighted by atomic mass is 10.1. The van der Waals surface area contributed by atoms with Gasteiger partial charge in [-0.2, -0.15) is 0 Å². The monoisotopic (exact) mass is 257 g/mol. The van der Waals surface area contributed by atoms with E-state index >= 15 is 0 Å². The fourth-order valence-corrected chi connectivity index (χ4v) is 1.73. The van der Waals surface area contributed by atoms with Crippen LogP contribution in [0.1, 0.15) is 20.8 Å². The maximum atomic E-state index is 12.0. The van der Waals surface area contributed by atoms with E-state index < -0.39 is 11.5 Å². The van der Waals surface area contributed by atoms with Crippen LogP contribution in [0.15, 0.2) is 53.3 Å². The summed E-state index contributed by atoms with van der Waals surface area (Å²) in [4.78, 5) is 34.7. The number of aromatic carboxylic acids is 1. The molecular weight excluding hydrogens is 246 g/mol. The van der Waals surface area contributed by atoms with E-state index in [0.717, 1.165) is 4.57 Å². The van der Waals surface area contributed by atoms with Crippen molar-refractivity contribution in [3.8, 4) is 0 Å². The first-order chi connectivity index (χ1) is 9.09. The number of Topliss-reactive ketones (excluding diaryl/α,β-unsaturated/α-hetero) is 1. The van der Waals surface area contributed by atoms with E-state index in [0.29, 0.717) is 5.56 Å². The largest absolute Gasteiger partial charge is 0.477 e. The minimum atomic E-state index is -1.24. The summed E-state index contributed by atoms with van der Waals surface area (Å²) >= 11 is 0. The molecule has 1 aromatic heterocycles. The van der Waals surface area contributed by atoms with Gasteiger partial charge in [-0.3, -0.25) is 14.2 Å². The normalized spacial score (nSPS) is 10.1. The molecule has 0 bridgehead atoms. The summed E-state index contributed by atoms with van der Waals surface area (Å²) in [6.45, 7) is -0.286. The molecule has 0 aliphatic rings. The second kappa shape index (κ2) is 5.30. The molecule has 0 saturated carbocycles. The van der Waals surface area contributed by atoms with Crippen molar-refractivity contribution in [3.05, 3.63) is 70.1 Å². The maximum absolute atomic E-state index is 12.0. The van der Waals surface area contributed by atoms with Gasteiger partial charge in [0, 0.05) is 11.6 Å². The first-order valence-corrected chi connectivity index (χ1v) is 5.61. The third kappa shape index (κ3) is 2.77. The molecule has 1 aromatic carbocycles. The molecule has 0 atom stereocenters. The fraction of sp³-hybridized carbons (Fsp3) is 0.0714. The summed E-state index contributed by atoms with van der Waals surface area (Å²) in [5.74, 6) is -1.55. The van der Waals surface area contributed by atoms with Crippen molar-refractivity contribution in [3.63, 3.8) is 0 Å². The van der Waals surface area contributed by atoms with Gasteiger partial charge in [0.05, 0.1) is 6.54 Å². The number of ketones is 1. The van der Waals surface area contributed by atoms with Crippen molar-refractivity contribution in [2.75, 3.05) is 0 Å². The molecular formula is C14H11NO4. The van der Waals surface area contributed by atoms with Crippen LogP contribution in [0.3, 0.4) is 0 Å². The Balaban J connectivity index is 2.37. The predicted molar refractivity (Wildman–Crippen MR) is 68.4 cm³/mol. The van der Waals surface area contributed by atoms with E-state index in [1.54, 1.807) is 30.3 Å². The fourth-order valence-electron chi connectivity index (χ4n) is 1.73. The minimum absolute atomic E-state index is 0.197. The molecule has 0 aliphatic carbocycles. The molecule has 5 heteroatoms. The van der Waals surface area contributed by atoms with Gasteiger partial charge in [0.2, 0.25) is 0 Å². The summed E-state index contributed by atoms with van der Waals surface area (Å²) in [5, 5.41) is 9.00. The van der Waals surface area contributed by atoms with Gasteiger partial charge in [-0.25, -0.2) is 4.79 Å². The third-order valence-electron chi connectivity index (χ3n) is 2.67. The van der Waals surface area contributed by atoms with Crippen molar-refractivity contribution in [1.29, 1.82) is 0 Å². The number of carboxylic acid groups (broad SMARTS) is 1. The highest BCUT2D eigenvalue weighted by Crippen LogP contribution is 2.03. The zero-order chi connectivity index (χ0) is 13.8. The number of carboxylic acids is 1. The molecule has 0 saturated heterocycles. The SMILES string of the molecule is O=C(Cn1c(C(=O)O)cccc1=O)c1ccccc1. The molecule has 96 valence electrons. The zero-order valence-corrected chi connectivity index (χ0v) is 9.95. The molecule has 0 amide bonds. The summed E-state index contributed by atoms with van der Waals surface area (Å²) < 4.78 is 0.956. The first-order valence-electron chi connectivity index (χ1n) is 5.61. The lowest BCUT2D eigenvalue weighted by molar-refractivity contribution is 0.0683. The Bertz CT molecular complexity index is 673. The summed E-state index contributed by atoms with van der Waals surface area (Å²) in [6.07, 6.45) is 0. The number of aromatic nitrogens is 1. The van der Waals surface area contributed by atoms with Crippen LogP contribution in [0.2, 0.25) is 0 Å². The standard InChI is InChI=1S/C14H11NO4/c16-12(10-5-2-1-3-6-10)9-15-11(14(18)19)7-4-8-13(15)17/h1-8H,9H2,(H,18,19). The summed E-state index contributed by atoms with van der Waals surface area (Å²) in [7, 11) is 0. The van der Waals surface area contributed by atoms with Crippen molar-refractivity contribution < 1.29 is 14.7 Å². The van der Waals surface area contributed by atoms with Gasteiger partial charge in [0.1, 0.15) is 5.69 Å². The molecule has 0 spiro atoms. The van der Waals surface area contributed by atoms with Crippen molar-refractivity contribution >= 4 is 11.8 Å². The number of carbonyl (C=O) groups excluding carboxylic acids is 1. The molecule has 0 radical (unpaired) electrons. The van der Waals surface area contributed by atoms with Crippen molar-refractivity contribution in [2.24, 2.45) is 0 Å². The molecule has 0 unspecified atom stereocenters. The Kier molecular flexibility index (Phi) is 3.56. The molecule has 2 rings (SSSR count). The third-order valence-corrected chi connectivity index (χ3v) is 2.67. The van der Waals surface area contributed by atoms with Gasteiger partial charge in [-0.15, -0.1) is 0 Å². The second-order valence-electron chi connectivity index (χ2n) is 3.93. The van der Waals surface area contributed by atoms with Gasteiger partial charge in [0.15, 0.2) is 5.78 Å². The number of hydrogen-bond acceptors (Lipinski definition) is 3. The van der Waals surface area contributed by atoms with E-state index in [1.807, 2.05) is 0 Å². The number of hydrogen-bond donors (Lipinski definition) is 1. The maximum Gasteiger partial charge on any atom is 0.352 e. The van der Waals surface area contributed by atoms with Crippen molar-refractivity contribution in [1.82, 2.24) is 4.57 Å². The van der Waals surface area contributed by atoms with E-state index in [1.165, 1.54) is 18.2 Å². The van der Waals surface area contributed by atoms with Crippen molar-refractivity contribution in [2.45, 2.75) is 6.54 Å². The van der Waals surface area contributed by atoms with Crippen LogP contribution in [0, 0.1) is 0 Å². The number of benzene rings is 1. The molecule has 1 heterocycles. The van der Waals surface area contributed by atoms with E-state index in [-0.39, 0.29) is 18.0 Å². The van der Waals surface area contributed by atoms with Gasteiger partial charge in [0.25, 0.3) is 5.56 Å². The van der Waals surface area contributed by atoms with Gasteiger partial charge < -0.3 is 5.11 Å². The average Bonchev–Trinajstić information content (AvgIpc) is 2.41. The van der Waals surface area contributed by atoms with Crippen LogP contribution < -0.4 is 5.56 Å². The Morgan fingerprint density at radius 2 is 1.68 bits per heavy atom. The van der Waals surface area contributed by atoms with Gasteiger partial charge in [-0.1, -0.05) is 36.4 Å². The Morgan fingerprint density at radius 1 is 1.00 bits per heavy atom. The van der Waals surface area contributed by atoms with E-state index in [4.69, 9.17) is 5.11 Å². The predicted octanol–water partition coefficient (Wildman–Crippen LogP) is 1.43. The topological polar surface area (TPSA) is 76.4 Å². The Hall–Kier alpha value is -2.69. The molecule has 1 N–H and O–H groups in total. The summed E-state index contributed by atoms with van der Waals surface area (Å²) in [6, 6.07) is 12.3. The molecule has 2 aromatic rings. The summed E-state index contributed by atoms with van der Waals surface area (Å²) in [5.41, 5.74) is -0.268. The Morgan fingerprint density at radius 3 is 2.32 bits per heavy atom. The second-order valence-corrected chi connectivity index (χ2v) is 3.93. The number of pyridine rings is 1. The lowest BCUT2D eigenvalue weighted by Crippen LogP contribution is -2.28. The van der Waals surface area contributed by atoms with Crippen LogP contribution in [0.25, 0.3) is 0 Å². The molecule has 0 fully saturated rings. The highest BCUT2D eigenvalue weighted by atomic mass is 16.4. The number of nitrogens with zero attached hydrogens (tertiary/aromatic N) is 1. The van der Waals surface area contributed by atoms with Crippen LogP contribution in [-0.2, 0) is 6.54 Å². The highest BCUT2D eigenvalue weighted by molar-refractivity contribution is 5.96. The van der Waals surface area contributed by atoms with Crippen LogP contribution in [-0.4, -0.2) is 21.4 Å².